The maximum absolute atomic E-state index is 5.84. The van der Waals surface area contributed by atoms with E-state index in [0.29, 0.717) is 5.92 Å². The molecule has 0 radical (unpaired) electrons. The Balaban J connectivity index is 1.72. The Morgan fingerprint density at radius 1 is 1.33 bits per heavy atom. The van der Waals surface area contributed by atoms with Crippen molar-refractivity contribution in [3.05, 3.63) is 17.8 Å². The zero-order valence-electron chi connectivity index (χ0n) is 11.3. The molecule has 4 heteroatoms. The smallest absolute Gasteiger partial charge is 0.194 e. The Bertz CT molecular complexity index is 332. The van der Waals surface area contributed by atoms with Crippen LogP contribution < -0.4 is 5.32 Å². The second-order valence-corrected chi connectivity index (χ2v) is 4.90. The lowest BCUT2D eigenvalue weighted by Gasteiger charge is -2.19. The second-order valence-electron chi connectivity index (χ2n) is 4.90. The molecule has 0 unspecified atom stereocenters. The van der Waals surface area contributed by atoms with Crippen LogP contribution in [0.3, 0.4) is 0 Å². The molecule has 0 amide bonds. The summed E-state index contributed by atoms with van der Waals surface area (Å²) >= 11 is 0. The highest BCUT2D eigenvalue weighted by atomic mass is 16.5. The predicted octanol–water partition coefficient (Wildman–Crippen LogP) is 2.50. The summed E-state index contributed by atoms with van der Waals surface area (Å²) in [5.41, 5.74) is 0. The highest BCUT2D eigenvalue weighted by Gasteiger charge is 2.19. The third kappa shape index (κ3) is 4.10. The van der Waals surface area contributed by atoms with Crippen molar-refractivity contribution in [2.24, 2.45) is 0 Å². The van der Waals surface area contributed by atoms with Gasteiger partial charge in [-0.25, -0.2) is 4.98 Å². The number of nitrogens with one attached hydrogen (secondary N) is 1. The summed E-state index contributed by atoms with van der Waals surface area (Å²) in [7, 11) is 0. The molecule has 0 bridgehead atoms. The Morgan fingerprint density at radius 3 is 2.94 bits per heavy atom. The van der Waals surface area contributed by atoms with Gasteiger partial charge in [-0.15, -0.1) is 0 Å². The fourth-order valence-electron chi connectivity index (χ4n) is 2.28. The van der Waals surface area contributed by atoms with E-state index in [1.54, 1.807) is 0 Å². The number of aromatic nitrogens is 1. The summed E-state index contributed by atoms with van der Waals surface area (Å²) < 4.78 is 11.2. The fraction of sp³-hybridized carbons (Fsp3) is 0.786. The molecule has 2 heterocycles. The summed E-state index contributed by atoms with van der Waals surface area (Å²) in [6.07, 6.45) is 7.24. The molecule has 0 saturated carbocycles. The van der Waals surface area contributed by atoms with Gasteiger partial charge in [-0.1, -0.05) is 6.92 Å². The Morgan fingerprint density at radius 2 is 2.17 bits per heavy atom. The first-order chi connectivity index (χ1) is 8.90. The summed E-state index contributed by atoms with van der Waals surface area (Å²) in [5.74, 6) is 2.45. The normalized spacial score (nSPS) is 17.2. The first-order valence-corrected chi connectivity index (χ1v) is 7.13. The van der Waals surface area contributed by atoms with Crippen molar-refractivity contribution in [1.29, 1.82) is 0 Å². The van der Waals surface area contributed by atoms with Crippen molar-refractivity contribution in [1.82, 2.24) is 10.3 Å². The lowest BCUT2D eigenvalue weighted by Crippen LogP contribution is -2.16. The van der Waals surface area contributed by atoms with Crippen LogP contribution in [0.2, 0.25) is 0 Å². The van der Waals surface area contributed by atoms with Crippen LogP contribution in [0.4, 0.5) is 0 Å². The average Bonchev–Trinajstić information content (AvgIpc) is 2.88. The van der Waals surface area contributed by atoms with Crippen molar-refractivity contribution in [3.63, 3.8) is 0 Å². The van der Waals surface area contributed by atoms with Crippen molar-refractivity contribution < 1.29 is 9.15 Å². The van der Waals surface area contributed by atoms with Crippen molar-refractivity contribution in [2.75, 3.05) is 26.3 Å². The van der Waals surface area contributed by atoms with Gasteiger partial charge in [0, 0.05) is 25.6 Å². The third-order valence-electron chi connectivity index (χ3n) is 3.37. The van der Waals surface area contributed by atoms with Crippen molar-refractivity contribution in [2.45, 2.75) is 44.9 Å². The molecule has 1 fully saturated rings. The van der Waals surface area contributed by atoms with Crippen molar-refractivity contribution >= 4 is 0 Å². The van der Waals surface area contributed by atoms with Crippen LogP contribution in [0.1, 0.15) is 50.2 Å². The van der Waals surface area contributed by atoms with E-state index >= 15 is 0 Å². The van der Waals surface area contributed by atoms with Gasteiger partial charge in [-0.3, -0.25) is 0 Å². The standard InChI is InChI=1S/C14H24N2O2/c1-2-7-15-8-3-4-14-16-11-13(18-14)12-5-9-17-10-6-12/h11-12,15H,2-10H2,1H3. The number of ether oxygens (including phenoxy) is 1. The van der Waals surface area contributed by atoms with Crippen LogP contribution in [0.25, 0.3) is 0 Å². The molecular weight excluding hydrogens is 228 g/mol. The van der Waals surface area contributed by atoms with Gasteiger partial charge in [0.2, 0.25) is 0 Å². The van der Waals surface area contributed by atoms with Gasteiger partial charge in [-0.05, 0) is 38.8 Å². The largest absolute Gasteiger partial charge is 0.445 e. The van der Waals surface area contributed by atoms with E-state index in [9.17, 15) is 0 Å². The molecule has 4 nitrogen and oxygen atoms in total. The van der Waals surface area contributed by atoms with Gasteiger partial charge in [0.25, 0.3) is 0 Å². The van der Waals surface area contributed by atoms with Gasteiger partial charge >= 0.3 is 0 Å². The zero-order chi connectivity index (χ0) is 12.6. The van der Waals surface area contributed by atoms with Crippen LogP contribution in [-0.4, -0.2) is 31.3 Å². The van der Waals surface area contributed by atoms with Crippen LogP contribution in [-0.2, 0) is 11.2 Å². The third-order valence-corrected chi connectivity index (χ3v) is 3.37. The fourth-order valence-corrected chi connectivity index (χ4v) is 2.28. The average molecular weight is 252 g/mol. The van der Waals surface area contributed by atoms with E-state index in [2.05, 4.69) is 17.2 Å². The van der Waals surface area contributed by atoms with E-state index in [-0.39, 0.29) is 0 Å². The molecule has 1 aromatic heterocycles. The second kappa shape index (κ2) is 7.54. The molecule has 1 aliphatic rings. The minimum Gasteiger partial charge on any atom is -0.445 e. The molecule has 1 aromatic rings. The summed E-state index contributed by atoms with van der Waals surface area (Å²) in [6.45, 7) is 6.02. The number of hydrogen-bond acceptors (Lipinski definition) is 4. The Labute approximate surface area is 109 Å². The molecule has 102 valence electrons. The zero-order valence-corrected chi connectivity index (χ0v) is 11.3. The minimum absolute atomic E-state index is 0.512. The molecule has 1 N–H and O–H groups in total. The van der Waals surface area contributed by atoms with Gasteiger partial charge < -0.3 is 14.5 Å². The summed E-state index contributed by atoms with van der Waals surface area (Å²) in [5, 5.41) is 3.39. The topological polar surface area (TPSA) is 47.3 Å². The van der Waals surface area contributed by atoms with E-state index < -0.39 is 0 Å². The van der Waals surface area contributed by atoms with E-state index in [1.807, 2.05) is 6.20 Å². The molecule has 0 aliphatic carbocycles. The van der Waals surface area contributed by atoms with Gasteiger partial charge in [0.15, 0.2) is 5.89 Å². The van der Waals surface area contributed by atoms with Crippen LogP contribution in [0, 0.1) is 0 Å². The molecule has 0 atom stereocenters. The molecular formula is C14H24N2O2. The van der Waals surface area contributed by atoms with Gasteiger partial charge in [0.1, 0.15) is 5.76 Å². The molecule has 18 heavy (non-hydrogen) atoms. The van der Waals surface area contributed by atoms with E-state index in [1.165, 1.54) is 6.42 Å². The minimum atomic E-state index is 0.512. The molecule has 2 rings (SSSR count). The van der Waals surface area contributed by atoms with Crippen molar-refractivity contribution in [3.8, 4) is 0 Å². The highest BCUT2D eigenvalue weighted by molar-refractivity contribution is 5.02. The maximum atomic E-state index is 5.84. The molecule has 0 spiro atoms. The Kier molecular flexibility index (Phi) is 5.68. The van der Waals surface area contributed by atoms with E-state index in [4.69, 9.17) is 9.15 Å². The number of nitrogens with zero attached hydrogens (tertiary/aromatic N) is 1. The maximum Gasteiger partial charge on any atom is 0.194 e. The lowest BCUT2D eigenvalue weighted by atomic mass is 9.98. The molecule has 1 saturated heterocycles. The highest BCUT2D eigenvalue weighted by Crippen LogP contribution is 2.27. The monoisotopic (exact) mass is 252 g/mol. The lowest BCUT2D eigenvalue weighted by molar-refractivity contribution is 0.0803. The summed E-state index contributed by atoms with van der Waals surface area (Å²) in [4.78, 5) is 4.37. The van der Waals surface area contributed by atoms with E-state index in [0.717, 1.165) is 63.6 Å². The number of oxazole rings is 1. The first kappa shape index (κ1) is 13.6. The molecule has 0 aromatic carbocycles. The number of aryl methyl sites for hydroxylation is 1. The SMILES string of the molecule is CCCNCCCc1ncc(C2CCOCC2)o1. The first-order valence-electron chi connectivity index (χ1n) is 7.13. The number of hydrogen-bond donors (Lipinski definition) is 1. The predicted molar refractivity (Wildman–Crippen MR) is 70.8 cm³/mol. The van der Waals surface area contributed by atoms with Crippen LogP contribution in [0.15, 0.2) is 10.6 Å². The number of rotatable bonds is 7. The quantitative estimate of drug-likeness (QED) is 0.757. The van der Waals surface area contributed by atoms with Crippen LogP contribution >= 0.6 is 0 Å². The van der Waals surface area contributed by atoms with Gasteiger partial charge in [-0.2, -0.15) is 0 Å². The Hall–Kier alpha value is -0.870. The van der Waals surface area contributed by atoms with Gasteiger partial charge in [0.05, 0.1) is 6.20 Å². The molecule has 1 aliphatic heterocycles. The summed E-state index contributed by atoms with van der Waals surface area (Å²) in [6, 6.07) is 0. The van der Waals surface area contributed by atoms with Crippen LogP contribution in [0.5, 0.6) is 0 Å².